The van der Waals surface area contributed by atoms with Crippen LogP contribution in [0.4, 0.5) is 4.79 Å². The van der Waals surface area contributed by atoms with Gasteiger partial charge in [0.1, 0.15) is 11.8 Å². The Bertz CT molecular complexity index is 560. The molecule has 1 heterocycles. The van der Waals surface area contributed by atoms with Gasteiger partial charge in [-0.3, -0.25) is 9.80 Å². The standard InChI is InChI=1S/C24H48N2O8/c1-23(2,3)34-22(30)26-9-7-24(4,18-21(26)29)17-20(33-16-12-28)19-25(8-6-13-31-5)10-14-32-15-11-27/h20-21,27-29H,6-19H2,1-5H3. The molecule has 0 radical (unpaired) electrons. The molecule has 1 aliphatic heterocycles. The van der Waals surface area contributed by atoms with Crippen LogP contribution in [0.3, 0.4) is 0 Å². The number of rotatable bonds is 16. The lowest BCUT2D eigenvalue weighted by atomic mass is 9.75. The van der Waals surface area contributed by atoms with Crippen molar-refractivity contribution in [1.29, 1.82) is 0 Å². The van der Waals surface area contributed by atoms with Crippen LogP contribution in [0.25, 0.3) is 0 Å². The van der Waals surface area contributed by atoms with Crippen molar-refractivity contribution in [1.82, 2.24) is 9.80 Å². The maximum Gasteiger partial charge on any atom is 0.412 e. The van der Waals surface area contributed by atoms with Gasteiger partial charge >= 0.3 is 6.09 Å². The fraction of sp³-hybridized carbons (Fsp3) is 0.958. The van der Waals surface area contributed by atoms with E-state index < -0.39 is 17.9 Å². The van der Waals surface area contributed by atoms with Gasteiger partial charge in [0.15, 0.2) is 0 Å². The lowest BCUT2D eigenvalue weighted by molar-refractivity contribution is -0.0911. The van der Waals surface area contributed by atoms with E-state index in [1.807, 2.05) is 20.8 Å². The first-order chi connectivity index (χ1) is 16.0. The normalized spacial score (nSPS) is 22.3. The van der Waals surface area contributed by atoms with E-state index in [9.17, 15) is 15.0 Å². The van der Waals surface area contributed by atoms with E-state index in [4.69, 9.17) is 24.1 Å². The number of nitrogens with zero attached hydrogens (tertiary/aromatic N) is 2. The van der Waals surface area contributed by atoms with Crippen LogP contribution in [0.5, 0.6) is 0 Å². The molecule has 3 N–H and O–H groups in total. The van der Waals surface area contributed by atoms with Gasteiger partial charge in [-0.25, -0.2) is 4.79 Å². The summed E-state index contributed by atoms with van der Waals surface area (Å²) in [5.41, 5.74) is -0.850. The Labute approximate surface area is 205 Å². The predicted octanol–water partition coefficient (Wildman–Crippen LogP) is 1.46. The first-order valence-electron chi connectivity index (χ1n) is 12.3. The maximum atomic E-state index is 12.5. The quantitative estimate of drug-likeness (QED) is 0.275. The summed E-state index contributed by atoms with van der Waals surface area (Å²) >= 11 is 0. The molecular formula is C24H48N2O8. The minimum absolute atomic E-state index is 0.00704. The smallest absolute Gasteiger partial charge is 0.412 e. The fourth-order valence-electron chi connectivity index (χ4n) is 4.23. The van der Waals surface area contributed by atoms with Crippen molar-refractivity contribution in [2.75, 3.05) is 72.9 Å². The number of likely N-dealkylation sites (tertiary alicyclic amines) is 1. The Morgan fingerprint density at radius 3 is 2.44 bits per heavy atom. The molecule has 1 amide bonds. The summed E-state index contributed by atoms with van der Waals surface area (Å²) in [5.74, 6) is 0. The molecule has 10 nitrogen and oxygen atoms in total. The molecule has 0 saturated carbocycles. The number of ether oxygens (including phenoxy) is 4. The van der Waals surface area contributed by atoms with Crippen LogP contribution in [0.2, 0.25) is 0 Å². The van der Waals surface area contributed by atoms with E-state index in [0.29, 0.717) is 58.7 Å². The molecule has 3 unspecified atom stereocenters. The van der Waals surface area contributed by atoms with Crippen LogP contribution in [-0.4, -0.2) is 122 Å². The first kappa shape index (κ1) is 31.0. The summed E-state index contributed by atoms with van der Waals surface area (Å²) in [6.45, 7) is 11.7. The largest absolute Gasteiger partial charge is 0.444 e. The number of methoxy groups -OCH3 is 1. The van der Waals surface area contributed by atoms with Crippen molar-refractivity contribution in [3.63, 3.8) is 0 Å². The lowest BCUT2D eigenvalue weighted by Crippen LogP contribution is -2.51. The molecule has 0 aromatic heterocycles. The van der Waals surface area contributed by atoms with E-state index >= 15 is 0 Å². The van der Waals surface area contributed by atoms with Gasteiger partial charge in [0.2, 0.25) is 0 Å². The lowest BCUT2D eigenvalue weighted by Gasteiger charge is -2.44. The summed E-state index contributed by atoms with van der Waals surface area (Å²) in [7, 11) is 1.68. The molecule has 1 fully saturated rings. The van der Waals surface area contributed by atoms with Crippen LogP contribution in [0.15, 0.2) is 0 Å². The second-order valence-corrected chi connectivity index (χ2v) is 10.3. The molecule has 3 atom stereocenters. The predicted molar refractivity (Wildman–Crippen MR) is 129 cm³/mol. The Kier molecular flexibility index (Phi) is 14.5. The van der Waals surface area contributed by atoms with Crippen LogP contribution >= 0.6 is 0 Å². The van der Waals surface area contributed by atoms with E-state index in [1.54, 1.807) is 7.11 Å². The summed E-state index contributed by atoms with van der Waals surface area (Å²) in [4.78, 5) is 16.1. The maximum absolute atomic E-state index is 12.5. The number of hydrogen-bond donors (Lipinski definition) is 3. The van der Waals surface area contributed by atoms with E-state index in [-0.39, 0.29) is 31.3 Å². The van der Waals surface area contributed by atoms with Crippen molar-refractivity contribution in [3.05, 3.63) is 0 Å². The molecule has 0 spiro atoms. The number of piperidine rings is 1. The molecule has 202 valence electrons. The molecule has 0 aromatic carbocycles. The molecule has 1 aliphatic rings. The van der Waals surface area contributed by atoms with Gasteiger partial charge in [0.05, 0.1) is 39.1 Å². The number of hydrogen-bond acceptors (Lipinski definition) is 9. The summed E-state index contributed by atoms with van der Waals surface area (Å²) in [6, 6.07) is 0. The minimum Gasteiger partial charge on any atom is -0.444 e. The molecule has 0 aliphatic carbocycles. The highest BCUT2D eigenvalue weighted by molar-refractivity contribution is 5.68. The molecule has 0 aromatic rings. The minimum atomic E-state index is -0.920. The SMILES string of the molecule is COCCCN(CCOCCO)CC(CC1(C)CCN(C(=O)OC(C)(C)C)C(O)C1)OCCO. The third-order valence-electron chi connectivity index (χ3n) is 5.86. The zero-order valence-electron chi connectivity index (χ0n) is 21.8. The molecule has 1 saturated heterocycles. The van der Waals surface area contributed by atoms with Crippen molar-refractivity contribution < 1.29 is 39.1 Å². The molecule has 1 rings (SSSR count). The molecule has 0 bridgehead atoms. The highest BCUT2D eigenvalue weighted by Crippen LogP contribution is 2.39. The average Bonchev–Trinajstić information content (AvgIpc) is 2.73. The Morgan fingerprint density at radius 1 is 1.15 bits per heavy atom. The van der Waals surface area contributed by atoms with Gasteiger partial charge < -0.3 is 34.3 Å². The molecule has 10 heteroatoms. The summed E-state index contributed by atoms with van der Waals surface area (Å²) < 4.78 is 22.1. The number of aliphatic hydroxyl groups excluding tert-OH is 3. The van der Waals surface area contributed by atoms with Crippen molar-refractivity contribution in [3.8, 4) is 0 Å². The third kappa shape index (κ3) is 12.6. The van der Waals surface area contributed by atoms with Crippen molar-refractivity contribution >= 4 is 6.09 Å². The van der Waals surface area contributed by atoms with Gasteiger partial charge in [-0.2, -0.15) is 0 Å². The van der Waals surface area contributed by atoms with E-state index in [1.165, 1.54) is 4.90 Å². The van der Waals surface area contributed by atoms with Crippen LogP contribution < -0.4 is 0 Å². The van der Waals surface area contributed by atoms with Crippen LogP contribution in [-0.2, 0) is 18.9 Å². The molecule has 34 heavy (non-hydrogen) atoms. The van der Waals surface area contributed by atoms with E-state index in [0.717, 1.165) is 13.0 Å². The van der Waals surface area contributed by atoms with Gasteiger partial charge in [-0.05, 0) is 51.9 Å². The number of carbonyl (C=O) groups is 1. The van der Waals surface area contributed by atoms with Crippen LogP contribution in [0.1, 0.15) is 53.4 Å². The Morgan fingerprint density at radius 2 is 1.85 bits per heavy atom. The zero-order chi connectivity index (χ0) is 25.6. The molecular weight excluding hydrogens is 444 g/mol. The van der Waals surface area contributed by atoms with Crippen molar-refractivity contribution in [2.24, 2.45) is 5.41 Å². The summed E-state index contributed by atoms with van der Waals surface area (Å²) in [6.07, 6.45) is 1.12. The Hall–Kier alpha value is -1.01. The zero-order valence-corrected chi connectivity index (χ0v) is 21.8. The first-order valence-corrected chi connectivity index (χ1v) is 12.3. The van der Waals surface area contributed by atoms with Crippen LogP contribution in [0, 0.1) is 5.41 Å². The highest BCUT2D eigenvalue weighted by atomic mass is 16.6. The average molecular weight is 493 g/mol. The Balaban J connectivity index is 2.77. The second kappa shape index (κ2) is 15.9. The highest BCUT2D eigenvalue weighted by Gasteiger charge is 2.40. The third-order valence-corrected chi connectivity index (χ3v) is 5.86. The van der Waals surface area contributed by atoms with E-state index in [2.05, 4.69) is 11.8 Å². The van der Waals surface area contributed by atoms with Gasteiger partial charge in [0.25, 0.3) is 0 Å². The fourth-order valence-corrected chi connectivity index (χ4v) is 4.23. The number of aliphatic hydroxyl groups is 3. The topological polar surface area (TPSA) is 121 Å². The van der Waals surface area contributed by atoms with Gasteiger partial charge in [-0.15, -0.1) is 0 Å². The second-order valence-electron chi connectivity index (χ2n) is 10.3. The summed E-state index contributed by atoms with van der Waals surface area (Å²) in [5, 5.41) is 29.0. The van der Waals surface area contributed by atoms with Crippen molar-refractivity contribution in [2.45, 2.75) is 71.3 Å². The monoisotopic (exact) mass is 492 g/mol. The van der Waals surface area contributed by atoms with Gasteiger partial charge in [-0.1, -0.05) is 6.92 Å². The van der Waals surface area contributed by atoms with Gasteiger partial charge in [0, 0.05) is 39.9 Å². The number of amides is 1. The number of carbonyl (C=O) groups excluding carboxylic acids is 1.